The highest BCUT2D eigenvalue weighted by atomic mass is 16.5. The third-order valence-corrected chi connectivity index (χ3v) is 4.39. The molecule has 0 atom stereocenters. The molecule has 2 N–H and O–H groups in total. The van der Waals surface area contributed by atoms with Gasteiger partial charge in [-0.05, 0) is 40.0 Å². The van der Waals surface area contributed by atoms with Crippen molar-refractivity contribution in [2.45, 2.75) is 6.92 Å². The Kier molecular flexibility index (Phi) is 6.09. The minimum absolute atomic E-state index is 0.239. The van der Waals surface area contributed by atoms with E-state index in [2.05, 4.69) is 5.32 Å². The van der Waals surface area contributed by atoms with E-state index in [0.717, 1.165) is 22.8 Å². The second-order valence-electron chi connectivity index (χ2n) is 6.44. The van der Waals surface area contributed by atoms with Crippen molar-refractivity contribution in [1.29, 1.82) is 0 Å². The van der Waals surface area contributed by atoms with Gasteiger partial charge in [0.2, 0.25) is 5.91 Å². The lowest BCUT2D eigenvalue weighted by atomic mass is 9.95. The normalized spacial score (nSPS) is 11.0. The van der Waals surface area contributed by atoms with E-state index in [9.17, 15) is 14.7 Å². The molecule has 3 aromatic rings. The van der Waals surface area contributed by atoms with Crippen LogP contribution in [0.25, 0.3) is 16.7 Å². The molecule has 3 aromatic carbocycles. The number of anilines is 1. The number of ether oxygens (including phenoxy) is 1. The first-order chi connectivity index (χ1) is 14.0. The summed E-state index contributed by atoms with van der Waals surface area (Å²) in [5, 5.41) is 12.1. The topological polar surface area (TPSA) is 75.6 Å². The quantitative estimate of drug-likeness (QED) is 0.594. The molecule has 0 aliphatic rings. The first-order valence-electron chi connectivity index (χ1n) is 9.04. The van der Waals surface area contributed by atoms with Gasteiger partial charge in [-0.2, -0.15) is 0 Å². The molecule has 1 amide bonds. The molecule has 0 heterocycles. The van der Waals surface area contributed by atoms with Gasteiger partial charge in [-0.3, -0.25) is 4.79 Å². The van der Waals surface area contributed by atoms with Crippen molar-refractivity contribution in [1.82, 2.24) is 0 Å². The highest BCUT2D eigenvalue weighted by Gasteiger charge is 2.12. The van der Waals surface area contributed by atoms with Crippen LogP contribution in [-0.4, -0.2) is 24.1 Å². The van der Waals surface area contributed by atoms with Gasteiger partial charge in [0, 0.05) is 13.0 Å². The maximum Gasteiger partial charge on any atom is 0.328 e. The molecule has 0 saturated carbocycles. The summed E-state index contributed by atoms with van der Waals surface area (Å²) < 4.78 is 5.28. The third-order valence-electron chi connectivity index (χ3n) is 4.39. The maximum absolute atomic E-state index is 11.5. The van der Waals surface area contributed by atoms with E-state index in [4.69, 9.17) is 4.74 Å². The Hall–Kier alpha value is -3.86. The Labute approximate surface area is 169 Å². The lowest BCUT2D eigenvalue weighted by molar-refractivity contribution is -0.131. The third kappa shape index (κ3) is 4.90. The summed E-state index contributed by atoms with van der Waals surface area (Å²) >= 11 is 0. The van der Waals surface area contributed by atoms with E-state index < -0.39 is 5.97 Å². The summed E-state index contributed by atoms with van der Waals surface area (Å²) in [5.41, 5.74) is 4.55. The molecule has 0 unspecified atom stereocenters. The molecule has 0 aromatic heterocycles. The van der Waals surface area contributed by atoms with Crippen LogP contribution in [0.1, 0.15) is 18.1 Å². The molecular weight excluding hydrogens is 366 g/mol. The minimum atomic E-state index is -1.05. The van der Waals surface area contributed by atoms with Gasteiger partial charge in [0.25, 0.3) is 0 Å². The van der Waals surface area contributed by atoms with Gasteiger partial charge in [0.15, 0.2) is 0 Å². The number of methoxy groups -OCH3 is 1. The van der Waals surface area contributed by atoms with Crippen molar-refractivity contribution < 1.29 is 19.4 Å². The smallest absolute Gasteiger partial charge is 0.328 e. The average Bonchev–Trinajstić information content (AvgIpc) is 2.72. The molecule has 5 heteroatoms. The Balaban J connectivity index is 2.03. The molecule has 146 valence electrons. The Bertz CT molecular complexity index is 1050. The molecule has 0 aliphatic heterocycles. The van der Waals surface area contributed by atoms with Crippen LogP contribution >= 0.6 is 0 Å². The fourth-order valence-electron chi connectivity index (χ4n) is 3.09. The van der Waals surface area contributed by atoms with Crippen LogP contribution < -0.4 is 10.1 Å². The Morgan fingerprint density at radius 3 is 2.10 bits per heavy atom. The van der Waals surface area contributed by atoms with Gasteiger partial charge in [0.05, 0.1) is 12.8 Å². The highest BCUT2D eigenvalue weighted by Crippen LogP contribution is 2.32. The van der Waals surface area contributed by atoms with Crippen molar-refractivity contribution >= 4 is 23.1 Å². The number of carboxylic acids is 1. The summed E-state index contributed by atoms with van der Waals surface area (Å²) in [6, 6.07) is 22.8. The van der Waals surface area contributed by atoms with Gasteiger partial charge in [-0.1, -0.05) is 60.7 Å². The molecule has 29 heavy (non-hydrogen) atoms. The maximum atomic E-state index is 11.5. The van der Waals surface area contributed by atoms with E-state index >= 15 is 0 Å². The number of hydrogen-bond acceptors (Lipinski definition) is 3. The summed E-state index contributed by atoms with van der Waals surface area (Å²) in [6.45, 7) is 1.41. The SMILES string of the molecule is COc1ccc(C(=CC(=O)O)c2ccc(-c3ccccc3)cc2)cc1NC(C)=O. The van der Waals surface area contributed by atoms with Crippen molar-refractivity contribution in [3.8, 4) is 16.9 Å². The van der Waals surface area contributed by atoms with Crippen LogP contribution in [0.15, 0.2) is 78.9 Å². The number of carboxylic acid groups (broad SMARTS) is 1. The zero-order valence-electron chi connectivity index (χ0n) is 16.2. The molecule has 5 nitrogen and oxygen atoms in total. The zero-order valence-corrected chi connectivity index (χ0v) is 16.2. The predicted octanol–water partition coefficient (Wildman–Crippen LogP) is 4.84. The average molecular weight is 387 g/mol. The second-order valence-corrected chi connectivity index (χ2v) is 6.44. The standard InChI is InChI=1S/C24H21NO4/c1-16(26)25-22-14-20(12-13-23(22)29-2)21(15-24(27)28)19-10-8-18(9-11-19)17-6-4-3-5-7-17/h3-15H,1-2H3,(H,25,26)(H,27,28). The molecule has 0 aliphatic carbocycles. The fraction of sp³-hybridized carbons (Fsp3) is 0.0833. The number of aliphatic carboxylic acids is 1. The number of nitrogens with one attached hydrogen (secondary N) is 1. The van der Waals surface area contributed by atoms with Crippen LogP contribution in [0.2, 0.25) is 0 Å². The number of rotatable bonds is 6. The van der Waals surface area contributed by atoms with Gasteiger partial charge in [-0.15, -0.1) is 0 Å². The van der Waals surface area contributed by atoms with E-state index in [1.807, 2.05) is 54.6 Å². The number of amides is 1. The number of carbonyl (C=O) groups is 2. The molecule has 3 rings (SSSR count). The van der Waals surface area contributed by atoms with E-state index in [1.165, 1.54) is 14.0 Å². The van der Waals surface area contributed by atoms with Crippen LogP contribution in [-0.2, 0) is 9.59 Å². The first-order valence-corrected chi connectivity index (χ1v) is 9.04. The summed E-state index contributed by atoms with van der Waals surface area (Å²) in [5.74, 6) is -0.793. The number of benzene rings is 3. The van der Waals surface area contributed by atoms with Gasteiger partial charge in [0.1, 0.15) is 5.75 Å². The molecule has 0 spiro atoms. The van der Waals surface area contributed by atoms with Crippen LogP contribution in [0, 0.1) is 0 Å². The fourth-order valence-corrected chi connectivity index (χ4v) is 3.09. The molecule has 0 saturated heterocycles. The van der Waals surface area contributed by atoms with Crippen molar-refractivity contribution in [2.75, 3.05) is 12.4 Å². The summed E-state index contributed by atoms with van der Waals surface area (Å²) in [7, 11) is 1.51. The minimum Gasteiger partial charge on any atom is -0.495 e. The van der Waals surface area contributed by atoms with Crippen molar-refractivity contribution in [3.05, 3.63) is 90.0 Å². The largest absolute Gasteiger partial charge is 0.495 e. The molecule has 0 radical (unpaired) electrons. The molecular formula is C24H21NO4. The highest BCUT2D eigenvalue weighted by molar-refractivity contribution is 5.97. The Morgan fingerprint density at radius 2 is 1.52 bits per heavy atom. The van der Waals surface area contributed by atoms with Crippen molar-refractivity contribution in [3.63, 3.8) is 0 Å². The van der Waals surface area contributed by atoms with E-state index in [-0.39, 0.29) is 5.91 Å². The molecule has 0 fully saturated rings. The van der Waals surface area contributed by atoms with Gasteiger partial charge in [-0.25, -0.2) is 4.79 Å². The first kappa shape index (κ1) is 19.9. The van der Waals surface area contributed by atoms with Crippen LogP contribution in [0.3, 0.4) is 0 Å². The Morgan fingerprint density at radius 1 is 0.897 bits per heavy atom. The van der Waals surface area contributed by atoms with E-state index in [0.29, 0.717) is 22.6 Å². The van der Waals surface area contributed by atoms with Crippen LogP contribution in [0.5, 0.6) is 5.75 Å². The monoisotopic (exact) mass is 387 g/mol. The summed E-state index contributed by atoms with van der Waals surface area (Å²) in [6.07, 6.45) is 1.16. The second kappa shape index (κ2) is 8.89. The van der Waals surface area contributed by atoms with Gasteiger partial charge >= 0.3 is 5.97 Å². The van der Waals surface area contributed by atoms with Crippen LogP contribution in [0.4, 0.5) is 5.69 Å². The van der Waals surface area contributed by atoms with Gasteiger partial charge < -0.3 is 15.2 Å². The van der Waals surface area contributed by atoms with E-state index in [1.54, 1.807) is 18.2 Å². The van der Waals surface area contributed by atoms with Crippen molar-refractivity contribution in [2.24, 2.45) is 0 Å². The predicted molar refractivity (Wildman–Crippen MR) is 114 cm³/mol. The summed E-state index contributed by atoms with van der Waals surface area (Å²) in [4.78, 5) is 23.0. The lowest BCUT2D eigenvalue weighted by Gasteiger charge is -2.14. The lowest BCUT2D eigenvalue weighted by Crippen LogP contribution is -2.07. The molecule has 0 bridgehead atoms. The number of carbonyl (C=O) groups excluding carboxylic acids is 1. The zero-order chi connectivity index (χ0) is 20.8. The number of hydrogen-bond donors (Lipinski definition) is 2.